The largest absolute Gasteiger partial charge is 0.357 e. The summed E-state index contributed by atoms with van der Waals surface area (Å²) in [7, 11) is 0. The molecule has 2 fully saturated rings. The minimum absolute atomic E-state index is 0.153. The lowest BCUT2D eigenvalue weighted by molar-refractivity contribution is -0.127. The maximum absolute atomic E-state index is 12.4. The summed E-state index contributed by atoms with van der Waals surface area (Å²) in [5, 5.41) is 9.55. The molecular weight excluding hydrogens is 402 g/mol. The Hall–Kier alpha value is -2.57. The van der Waals surface area contributed by atoms with Gasteiger partial charge in [-0.2, -0.15) is 0 Å². The molecule has 1 unspecified atom stereocenters. The first-order valence-corrected chi connectivity index (χ1v) is 12.2. The summed E-state index contributed by atoms with van der Waals surface area (Å²) < 4.78 is 0. The van der Waals surface area contributed by atoms with Gasteiger partial charge in [0.05, 0.1) is 0 Å². The molecule has 1 aliphatic carbocycles. The molecule has 1 aromatic rings. The van der Waals surface area contributed by atoms with Crippen molar-refractivity contribution >= 4 is 17.8 Å². The highest BCUT2D eigenvalue weighted by molar-refractivity contribution is 5.81. The van der Waals surface area contributed by atoms with Crippen LogP contribution in [0.3, 0.4) is 0 Å². The van der Waals surface area contributed by atoms with Gasteiger partial charge in [0.1, 0.15) is 0 Å². The van der Waals surface area contributed by atoms with Crippen LogP contribution >= 0.6 is 0 Å². The van der Waals surface area contributed by atoms with Gasteiger partial charge in [-0.15, -0.1) is 0 Å². The van der Waals surface area contributed by atoms with Crippen molar-refractivity contribution in [2.75, 3.05) is 39.3 Å². The van der Waals surface area contributed by atoms with Crippen LogP contribution in [0.4, 0.5) is 0 Å². The minimum Gasteiger partial charge on any atom is -0.357 e. The van der Waals surface area contributed by atoms with E-state index in [1.165, 1.54) is 31.2 Å². The van der Waals surface area contributed by atoms with Crippen molar-refractivity contribution in [1.82, 2.24) is 20.9 Å². The van der Waals surface area contributed by atoms with Gasteiger partial charge in [0.25, 0.3) is 0 Å². The third-order valence-corrected chi connectivity index (χ3v) is 6.35. The number of benzene rings is 1. The van der Waals surface area contributed by atoms with Gasteiger partial charge in [-0.25, -0.2) is 0 Å². The summed E-state index contributed by atoms with van der Waals surface area (Å²) >= 11 is 0. The number of nitrogens with one attached hydrogen (secondary N) is 3. The third-order valence-electron chi connectivity index (χ3n) is 6.35. The van der Waals surface area contributed by atoms with Gasteiger partial charge in [-0.1, -0.05) is 43.2 Å². The Balaban J connectivity index is 1.35. The van der Waals surface area contributed by atoms with Crippen molar-refractivity contribution in [2.45, 2.75) is 51.9 Å². The minimum atomic E-state index is 0.153. The summed E-state index contributed by atoms with van der Waals surface area (Å²) in [6.07, 6.45) is 7.02. The van der Waals surface area contributed by atoms with Gasteiger partial charge in [0.2, 0.25) is 11.8 Å². The summed E-state index contributed by atoms with van der Waals surface area (Å²) in [5.74, 6) is 1.94. The van der Waals surface area contributed by atoms with Crippen LogP contribution in [0.1, 0.15) is 51.0 Å². The second-order valence-corrected chi connectivity index (χ2v) is 9.00. The van der Waals surface area contributed by atoms with E-state index in [0.717, 1.165) is 32.0 Å². The summed E-state index contributed by atoms with van der Waals surface area (Å²) in [6.45, 7) is 6.18. The number of guanidine groups is 1. The number of carbonyl (C=O) groups is 2. The molecule has 1 heterocycles. The van der Waals surface area contributed by atoms with Crippen molar-refractivity contribution in [1.29, 1.82) is 0 Å². The van der Waals surface area contributed by atoms with Crippen molar-refractivity contribution in [3.05, 3.63) is 35.9 Å². The molecule has 0 radical (unpaired) electrons. The van der Waals surface area contributed by atoms with Gasteiger partial charge in [0.15, 0.2) is 5.96 Å². The van der Waals surface area contributed by atoms with E-state index in [9.17, 15) is 9.59 Å². The standard InChI is InChI=1S/C25H39N5O2/c1-2-26-25(28-14-13-27-23(31)16-21-10-6-7-11-21)29-18-22-17-24(32)30(19-22)15-12-20-8-4-3-5-9-20/h3-5,8-9,21-22H,2,6-7,10-19H2,1H3,(H,27,31)(H2,26,28,29). The Morgan fingerprint density at radius 3 is 2.56 bits per heavy atom. The Kier molecular flexibility index (Phi) is 9.85. The number of amides is 2. The molecule has 1 atom stereocenters. The molecule has 0 bridgehead atoms. The van der Waals surface area contributed by atoms with Crippen molar-refractivity contribution in [2.24, 2.45) is 16.8 Å². The lowest BCUT2D eigenvalue weighted by atomic mass is 10.0. The number of aliphatic imine (C=N–C) groups is 1. The fraction of sp³-hybridized carbons (Fsp3) is 0.640. The number of hydrogen-bond acceptors (Lipinski definition) is 3. The molecule has 2 amide bonds. The number of rotatable bonds is 11. The average Bonchev–Trinajstić information content (AvgIpc) is 3.43. The molecule has 1 aromatic carbocycles. The first-order chi connectivity index (χ1) is 15.6. The molecule has 3 N–H and O–H groups in total. The zero-order valence-corrected chi connectivity index (χ0v) is 19.4. The van der Waals surface area contributed by atoms with Crippen LogP contribution in [-0.4, -0.2) is 61.9 Å². The van der Waals surface area contributed by atoms with E-state index < -0.39 is 0 Å². The molecule has 7 nitrogen and oxygen atoms in total. The normalized spacial score (nSPS) is 19.4. The molecule has 0 aromatic heterocycles. The zero-order chi connectivity index (χ0) is 22.6. The van der Waals surface area contributed by atoms with E-state index in [-0.39, 0.29) is 17.7 Å². The van der Waals surface area contributed by atoms with E-state index in [4.69, 9.17) is 0 Å². The number of carbonyl (C=O) groups excluding carboxylic acids is 2. The van der Waals surface area contributed by atoms with Crippen LogP contribution in [0.15, 0.2) is 35.3 Å². The van der Waals surface area contributed by atoms with Crippen LogP contribution in [-0.2, 0) is 16.0 Å². The maximum Gasteiger partial charge on any atom is 0.223 e. The second kappa shape index (κ2) is 13.1. The van der Waals surface area contributed by atoms with Crippen molar-refractivity contribution < 1.29 is 9.59 Å². The monoisotopic (exact) mass is 441 g/mol. The Morgan fingerprint density at radius 2 is 1.81 bits per heavy atom. The third kappa shape index (κ3) is 8.17. The molecule has 1 saturated heterocycles. The molecule has 0 spiro atoms. The van der Waals surface area contributed by atoms with Crippen LogP contribution in [0.5, 0.6) is 0 Å². The van der Waals surface area contributed by atoms with E-state index in [2.05, 4.69) is 33.1 Å². The van der Waals surface area contributed by atoms with E-state index in [0.29, 0.717) is 38.4 Å². The summed E-state index contributed by atoms with van der Waals surface area (Å²) in [6, 6.07) is 10.3. The SMILES string of the molecule is CCNC(=NCC1CC(=O)N(CCc2ccccc2)C1)NCCNC(=O)CC1CCCC1. The van der Waals surface area contributed by atoms with Gasteiger partial charge in [0, 0.05) is 58.0 Å². The molecule has 7 heteroatoms. The fourth-order valence-corrected chi connectivity index (χ4v) is 4.59. The Labute approximate surface area is 192 Å². The number of likely N-dealkylation sites (tertiary alicyclic amines) is 1. The molecule has 3 rings (SSSR count). The molecule has 1 aliphatic heterocycles. The van der Waals surface area contributed by atoms with Gasteiger partial charge < -0.3 is 20.9 Å². The van der Waals surface area contributed by atoms with E-state index in [1.807, 2.05) is 30.0 Å². The van der Waals surface area contributed by atoms with Crippen molar-refractivity contribution in [3.63, 3.8) is 0 Å². The van der Waals surface area contributed by atoms with Crippen LogP contribution in [0.25, 0.3) is 0 Å². The average molecular weight is 442 g/mol. The predicted octanol–water partition coefficient (Wildman–Crippen LogP) is 2.33. The van der Waals surface area contributed by atoms with Crippen LogP contribution < -0.4 is 16.0 Å². The highest BCUT2D eigenvalue weighted by Crippen LogP contribution is 2.27. The fourth-order valence-electron chi connectivity index (χ4n) is 4.59. The van der Waals surface area contributed by atoms with E-state index in [1.54, 1.807) is 0 Å². The molecule has 32 heavy (non-hydrogen) atoms. The maximum atomic E-state index is 12.4. The Morgan fingerprint density at radius 1 is 1.06 bits per heavy atom. The van der Waals surface area contributed by atoms with Gasteiger partial charge in [-0.3, -0.25) is 14.6 Å². The first kappa shape index (κ1) is 24.1. The van der Waals surface area contributed by atoms with Crippen LogP contribution in [0, 0.1) is 11.8 Å². The van der Waals surface area contributed by atoms with Gasteiger partial charge >= 0.3 is 0 Å². The first-order valence-electron chi connectivity index (χ1n) is 12.2. The molecule has 1 saturated carbocycles. The number of hydrogen-bond donors (Lipinski definition) is 3. The quantitative estimate of drug-likeness (QED) is 0.280. The second-order valence-electron chi connectivity index (χ2n) is 9.00. The lowest BCUT2D eigenvalue weighted by Crippen LogP contribution is -2.42. The molecular formula is C25H39N5O2. The Bertz CT molecular complexity index is 746. The van der Waals surface area contributed by atoms with Gasteiger partial charge in [-0.05, 0) is 37.7 Å². The lowest BCUT2D eigenvalue weighted by Gasteiger charge is -2.16. The summed E-state index contributed by atoms with van der Waals surface area (Å²) in [5.41, 5.74) is 1.26. The zero-order valence-electron chi connectivity index (χ0n) is 19.4. The summed E-state index contributed by atoms with van der Waals surface area (Å²) in [4.78, 5) is 31.1. The predicted molar refractivity (Wildman–Crippen MR) is 128 cm³/mol. The smallest absolute Gasteiger partial charge is 0.223 e. The van der Waals surface area contributed by atoms with Crippen LogP contribution in [0.2, 0.25) is 0 Å². The molecule has 176 valence electrons. The topological polar surface area (TPSA) is 85.8 Å². The van der Waals surface area contributed by atoms with E-state index >= 15 is 0 Å². The van der Waals surface area contributed by atoms with Crippen molar-refractivity contribution in [3.8, 4) is 0 Å². The highest BCUT2D eigenvalue weighted by Gasteiger charge is 2.29. The highest BCUT2D eigenvalue weighted by atomic mass is 16.2. The molecule has 2 aliphatic rings. The number of nitrogens with zero attached hydrogens (tertiary/aromatic N) is 2.